The highest BCUT2D eigenvalue weighted by molar-refractivity contribution is 5.93. The summed E-state index contributed by atoms with van der Waals surface area (Å²) in [6, 6.07) is 25.4. The Morgan fingerprint density at radius 3 is 2.37 bits per heavy atom. The van der Waals surface area contributed by atoms with Gasteiger partial charge in [0.15, 0.2) is 5.69 Å². The van der Waals surface area contributed by atoms with Gasteiger partial charge in [0.05, 0.1) is 5.52 Å². The molecule has 4 aromatic rings. The zero-order chi connectivity index (χ0) is 20.9. The lowest BCUT2D eigenvalue weighted by atomic mass is 10.0. The van der Waals surface area contributed by atoms with Gasteiger partial charge in [-0.15, -0.1) is 0 Å². The summed E-state index contributed by atoms with van der Waals surface area (Å²) in [5.74, 6) is 0.0805. The number of fused-ring (bicyclic) bond motifs is 1. The first kappa shape index (κ1) is 19.6. The lowest BCUT2D eigenvalue weighted by molar-refractivity contribution is 0.0690. The number of rotatable bonds is 7. The van der Waals surface area contributed by atoms with Crippen molar-refractivity contribution in [3.63, 3.8) is 0 Å². The number of pyridine rings is 1. The predicted octanol–water partition coefficient (Wildman–Crippen LogP) is 6.73. The van der Waals surface area contributed by atoms with Gasteiger partial charge in [0.1, 0.15) is 11.5 Å². The predicted molar refractivity (Wildman–Crippen MR) is 119 cm³/mol. The first-order valence-electron chi connectivity index (χ1n) is 10.1. The van der Waals surface area contributed by atoms with Crippen molar-refractivity contribution < 1.29 is 14.6 Å². The molecular formula is C26H23NO3. The molecule has 0 aliphatic carbocycles. The van der Waals surface area contributed by atoms with Gasteiger partial charge in [-0.05, 0) is 53.8 Å². The third-order valence-electron chi connectivity index (χ3n) is 5.06. The van der Waals surface area contributed by atoms with Crippen molar-refractivity contribution in [2.75, 3.05) is 0 Å². The number of benzene rings is 3. The second kappa shape index (κ2) is 8.78. The molecule has 4 rings (SSSR count). The highest BCUT2D eigenvalue weighted by atomic mass is 16.5. The molecule has 0 fully saturated rings. The fourth-order valence-corrected chi connectivity index (χ4v) is 3.45. The van der Waals surface area contributed by atoms with Gasteiger partial charge >= 0.3 is 5.97 Å². The number of carbonyl (C=O) groups is 1. The number of aromatic carboxylic acids is 1. The van der Waals surface area contributed by atoms with E-state index < -0.39 is 5.97 Å². The van der Waals surface area contributed by atoms with Crippen LogP contribution in [0.3, 0.4) is 0 Å². The molecule has 3 aromatic carbocycles. The van der Waals surface area contributed by atoms with Crippen molar-refractivity contribution in [1.82, 2.24) is 4.98 Å². The highest BCUT2D eigenvalue weighted by Gasteiger charge is 2.13. The Morgan fingerprint density at radius 2 is 1.67 bits per heavy atom. The molecule has 1 N–H and O–H groups in total. The minimum Gasteiger partial charge on any atom is -0.477 e. The minimum absolute atomic E-state index is 0.0280. The Bertz CT molecular complexity index is 1170. The van der Waals surface area contributed by atoms with Crippen LogP contribution in [0.1, 0.15) is 35.8 Å². The molecule has 30 heavy (non-hydrogen) atoms. The molecular weight excluding hydrogens is 374 g/mol. The molecule has 0 spiro atoms. The van der Waals surface area contributed by atoms with Gasteiger partial charge < -0.3 is 9.84 Å². The van der Waals surface area contributed by atoms with Gasteiger partial charge in [-0.3, -0.25) is 0 Å². The van der Waals surface area contributed by atoms with Crippen molar-refractivity contribution in [2.24, 2.45) is 0 Å². The maximum absolute atomic E-state index is 11.5. The maximum Gasteiger partial charge on any atom is 0.354 e. The van der Waals surface area contributed by atoms with Crippen molar-refractivity contribution >= 4 is 16.9 Å². The summed E-state index contributed by atoms with van der Waals surface area (Å²) in [6.07, 6.45) is 3.19. The van der Waals surface area contributed by atoms with Crippen LogP contribution in [-0.2, 0) is 6.42 Å². The molecule has 4 nitrogen and oxygen atoms in total. The van der Waals surface area contributed by atoms with Crippen LogP contribution in [0.2, 0.25) is 0 Å². The molecule has 0 radical (unpaired) electrons. The molecule has 0 atom stereocenters. The third-order valence-corrected chi connectivity index (χ3v) is 5.06. The first-order chi connectivity index (χ1) is 14.6. The number of aromatic nitrogens is 1. The fraction of sp³-hybridized carbons (Fsp3) is 0.154. The summed E-state index contributed by atoms with van der Waals surface area (Å²) in [4.78, 5) is 15.8. The molecule has 0 aliphatic heterocycles. The number of carboxylic acids is 1. The topological polar surface area (TPSA) is 59.4 Å². The van der Waals surface area contributed by atoms with Crippen LogP contribution >= 0.6 is 0 Å². The molecule has 0 unspecified atom stereocenters. The summed E-state index contributed by atoms with van der Waals surface area (Å²) in [6.45, 7) is 2.16. The molecule has 0 aliphatic rings. The average molecular weight is 397 g/mol. The summed E-state index contributed by atoms with van der Waals surface area (Å²) in [7, 11) is 0. The van der Waals surface area contributed by atoms with E-state index in [0.29, 0.717) is 17.0 Å². The number of carboxylic acid groups (broad SMARTS) is 1. The smallest absolute Gasteiger partial charge is 0.354 e. The number of aryl methyl sites for hydroxylation is 1. The summed E-state index contributed by atoms with van der Waals surface area (Å²) >= 11 is 0. The van der Waals surface area contributed by atoms with E-state index in [2.05, 4.69) is 30.1 Å². The second-order valence-corrected chi connectivity index (χ2v) is 7.26. The number of hydrogen-bond acceptors (Lipinski definition) is 3. The zero-order valence-corrected chi connectivity index (χ0v) is 16.8. The van der Waals surface area contributed by atoms with Crippen LogP contribution in [0.15, 0.2) is 78.9 Å². The zero-order valence-electron chi connectivity index (χ0n) is 16.8. The standard InChI is InChI=1S/C26H23NO3/c1-2-3-7-18-10-15-23-22(16-18)25(17-24(27-23)26(28)29)30-21-13-11-20(12-14-21)19-8-5-4-6-9-19/h4-6,8-17H,2-3,7H2,1H3,(H,28,29). The van der Waals surface area contributed by atoms with Crippen LogP contribution in [0.5, 0.6) is 11.5 Å². The lowest BCUT2D eigenvalue weighted by Crippen LogP contribution is -2.02. The van der Waals surface area contributed by atoms with Crippen LogP contribution in [0.25, 0.3) is 22.0 Å². The Hall–Kier alpha value is -3.66. The molecule has 0 saturated heterocycles. The average Bonchev–Trinajstić information content (AvgIpc) is 2.78. The van der Waals surface area contributed by atoms with E-state index in [4.69, 9.17) is 4.74 Å². The van der Waals surface area contributed by atoms with Gasteiger partial charge in [-0.2, -0.15) is 0 Å². The summed E-state index contributed by atoms with van der Waals surface area (Å²) in [5.41, 5.74) is 4.01. The fourth-order valence-electron chi connectivity index (χ4n) is 3.45. The second-order valence-electron chi connectivity index (χ2n) is 7.26. The van der Waals surface area contributed by atoms with E-state index in [-0.39, 0.29) is 5.69 Å². The van der Waals surface area contributed by atoms with Crippen molar-refractivity contribution in [1.29, 1.82) is 0 Å². The number of nitrogens with zero attached hydrogens (tertiary/aromatic N) is 1. The van der Waals surface area contributed by atoms with E-state index in [1.807, 2.05) is 54.6 Å². The van der Waals surface area contributed by atoms with E-state index >= 15 is 0 Å². The normalized spacial score (nSPS) is 10.8. The van der Waals surface area contributed by atoms with Gasteiger partial charge in [-0.25, -0.2) is 9.78 Å². The van der Waals surface area contributed by atoms with Gasteiger partial charge in [0.25, 0.3) is 0 Å². The van der Waals surface area contributed by atoms with Gasteiger partial charge in [-0.1, -0.05) is 61.9 Å². The number of ether oxygens (including phenoxy) is 1. The van der Waals surface area contributed by atoms with Gasteiger partial charge in [0, 0.05) is 11.5 Å². The Kier molecular flexibility index (Phi) is 5.75. The van der Waals surface area contributed by atoms with E-state index in [9.17, 15) is 9.90 Å². The molecule has 4 heteroatoms. The molecule has 1 heterocycles. The molecule has 0 bridgehead atoms. The van der Waals surface area contributed by atoms with Gasteiger partial charge in [0.2, 0.25) is 0 Å². The van der Waals surface area contributed by atoms with Crippen LogP contribution < -0.4 is 4.74 Å². The SMILES string of the molecule is CCCCc1ccc2nc(C(=O)O)cc(Oc3ccc(-c4ccccc4)cc3)c2c1. The largest absolute Gasteiger partial charge is 0.477 e. The monoisotopic (exact) mass is 397 g/mol. The molecule has 150 valence electrons. The number of unbranched alkanes of at least 4 members (excludes halogenated alkanes) is 1. The highest BCUT2D eigenvalue weighted by Crippen LogP contribution is 2.32. The Labute approximate surface area is 175 Å². The Morgan fingerprint density at radius 1 is 0.933 bits per heavy atom. The molecule has 0 saturated carbocycles. The molecule has 0 amide bonds. The minimum atomic E-state index is -1.07. The van der Waals surface area contributed by atoms with Crippen LogP contribution in [0, 0.1) is 0 Å². The molecule has 1 aromatic heterocycles. The van der Waals surface area contributed by atoms with E-state index in [1.54, 1.807) is 0 Å². The van der Waals surface area contributed by atoms with Crippen molar-refractivity contribution in [3.05, 3.63) is 90.1 Å². The van der Waals surface area contributed by atoms with Crippen LogP contribution in [-0.4, -0.2) is 16.1 Å². The van der Waals surface area contributed by atoms with Crippen molar-refractivity contribution in [3.8, 4) is 22.6 Å². The number of hydrogen-bond donors (Lipinski definition) is 1. The summed E-state index contributed by atoms with van der Waals surface area (Å²) in [5, 5.41) is 10.3. The lowest BCUT2D eigenvalue weighted by Gasteiger charge is -2.12. The van der Waals surface area contributed by atoms with E-state index in [1.165, 1.54) is 11.6 Å². The van der Waals surface area contributed by atoms with E-state index in [0.717, 1.165) is 35.8 Å². The first-order valence-corrected chi connectivity index (χ1v) is 10.1. The quantitative estimate of drug-likeness (QED) is 0.375. The maximum atomic E-state index is 11.5. The van der Waals surface area contributed by atoms with Crippen molar-refractivity contribution in [2.45, 2.75) is 26.2 Å². The summed E-state index contributed by atoms with van der Waals surface area (Å²) < 4.78 is 6.13. The third kappa shape index (κ3) is 4.33. The Balaban J connectivity index is 1.70. The van der Waals surface area contributed by atoms with Crippen LogP contribution in [0.4, 0.5) is 0 Å².